The highest BCUT2D eigenvalue weighted by atomic mass is 79.9. The molecule has 108 valence electrons. The first-order valence-electron chi connectivity index (χ1n) is 7.33. The van der Waals surface area contributed by atoms with Crippen LogP contribution in [0.2, 0.25) is 0 Å². The monoisotopic (exact) mass is 327 g/mol. The largest absolute Gasteiger partial charge is 0.466 e. The molecule has 1 fully saturated rings. The quantitative estimate of drug-likeness (QED) is 0.829. The molecule has 3 heteroatoms. The molecule has 1 aromatic rings. The molecule has 1 aromatic heterocycles. The molecule has 0 radical (unpaired) electrons. The van der Waals surface area contributed by atoms with E-state index in [1.54, 1.807) is 6.26 Å². The van der Waals surface area contributed by atoms with Crippen molar-refractivity contribution in [2.24, 2.45) is 17.3 Å². The summed E-state index contributed by atoms with van der Waals surface area (Å²) in [5.74, 6) is 2.61. The maximum absolute atomic E-state index is 5.66. The first-order valence-corrected chi connectivity index (χ1v) is 8.13. The number of hydrogen-bond acceptors (Lipinski definition) is 2. The second-order valence-electron chi connectivity index (χ2n) is 6.88. The Kier molecular flexibility index (Phi) is 4.78. The van der Waals surface area contributed by atoms with Gasteiger partial charge in [-0.3, -0.25) is 0 Å². The van der Waals surface area contributed by atoms with Crippen molar-refractivity contribution < 1.29 is 4.42 Å². The fourth-order valence-electron chi connectivity index (χ4n) is 3.43. The molecule has 1 aliphatic carbocycles. The molecular weight excluding hydrogens is 302 g/mol. The second-order valence-corrected chi connectivity index (χ2v) is 7.73. The number of rotatable bonds is 3. The average Bonchev–Trinajstić information content (AvgIpc) is 2.76. The molecule has 0 bridgehead atoms. The normalized spacial score (nSPS) is 26.4. The Hall–Kier alpha value is -0.280. The van der Waals surface area contributed by atoms with Crippen LogP contribution in [0.5, 0.6) is 0 Å². The summed E-state index contributed by atoms with van der Waals surface area (Å²) in [4.78, 5) is 0. The van der Waals surface area contributed by atoms with Crippen molar-refractivity contribution in [3.63, 3.8) is 0 Å². The maximum Gasteiger partial charge on any atom is 0.135 e. The van der Waals surface area contributed by atoms with Crippen molar-refractivity contribution in [1.82, 2.24) is 5.32 Å². The van der Waals surface area contributed by atoms with Crippen molar-refractivity contribution >= 4 is 15.9 Å². The number of hydrogen-bond donors (Lipinski definition) is 1. The van der Waals surface area contributed by atoms with Crippen molar-refractivity contribution in [3.05, 3.63) is 22.6 Å². The molecule has 1 saturated carbocycles. The summed E-state index contributed by atoms with van der Waals surface area (Å²) >= 11 is 3.58. The first-order chi connectivity index (χ1) is 8.93. The lowest BCUT2D eigenvalue weighted by atomic mass is 9.68. The molecule has 19 heavy (non-hydrogen) atoms. The SMILES string of the molecule is CNC(c1occc1Br)C1CCC(C(C)(C)C)CC1. The van der Waals surface area contributed by atoms with E-state index >= 15 is 0 Å². The predicted molar refractivity (Wildman–Crippen MR) is 83.1 cm³/mol. The van der Waals surface area contributed by atoms with Gasteiger partial charge in [0.05, 0.1) is 16.8 Å². The fourth-order valence-corrected chi connectivity index (χ4v) is 3.87. The predicted octanol–water partition coefficient (Wildman–Crippen LogP) is 5.16. The Morgan fingerprint density at radius 3 is 2.32 bits per heavy atom. The van der Waals surface area contributed by atoms with E-state index in [1.165, 1.54) is 25.7 Å². The van der Waals surface area contributed by atoms with E-state index in [4.69, 9.17) is 4.42 Å². The van der Waals surface area contributed by atoms with Crippen LogP contribution in [0.25, 0.3) is 0 Å². The molecule has 0 amide bonds. The topological polar surface area (TPSA) is 25.2 Å². The molecular formula is C16H26BrNO. The Balaban J connectivity index is 2.02. The summed E-state index contributed by atoms with van der Waals surface area (Å²) in [6.07, 6.45) is 7.03. The van der Waals surface area contributed by atoms with Gasteiger partial charge in [-0.25, -0.2) is 0 Å². The van der Waals surface area contributed by atoms with Gasteiger partial charge in [0.1, 0.15) is 5.76 Å². The van der Waals surface area contributed by atoms with E-state index in [0.717, 1.165) is 16.2 Å². The van der Waals surface area contributed by atoms with Gasteiger partial charge in [0.25, 0.3) is 0 Å². The standard InChI is InChI=1S/C16H26BrNO/c1-16(2,3)12-7-5-11(6-8-12)14(18-4)15-13(17)9-10-19-15/h9-12,14,18H,5-8H2,1-4H3. The van der Waals surface area contributed by atoms with E-state index < -0.39 is 0 Å². The first kappa shape index (κ1) is 15.1. The van der Waals surface area contributed by atoms with Gasteiger partial charge >= 0.3 is 0 Å². The molecule has 0 spiro atoms. The summed E-state index contributed by atoms with van der Waals surface area (Å²) in [5, 5.41) is 3.44. The summed E-state index contributed by atoms with van der Waals surface area (Å²) in [7, 11) is 2.04. The van der Waals surface area contributed by atoms with Crippen LogP contribution in [0.4, 0.5) is 0 Å². The number of halogens is 1. The molecule has 0 saturated heterocycles. The van der Waals surface area contributed by atoms with Crippen LogP contribution in [0.15, 0.2) is 21.2 Å². The van der Waals surface area contributed by atoms with Crippen LogP contribution in [-0.2, 0) is 0 Å². The van der Waals surface area contributed by atoms with Crippen LogP contribution in [0, 0.1) is 17.3 Å². The van der Waals surface area contributed by atoms with Crippen molar-refractivity contribution in [2.75, 3.05) is 7.05 Å². The third-order valence-corrected chi connectivity index (χ3v) is 5.36. The van der Waals surface area contributed by atoms with Gasteiger partial charge in [-0.2, -0.15) is 0 Å². The van der Waals surface area contributed by atoms with E-state index in [1.807, 2.05) is 13.1 Å². The Bertz CT molecular complexity index is 399. The van der Waals surface area contributed by atoms with Gasteiger partial charge in [-0.1, -0.05) is 20.8 Å². The van der Waals surface area contributed by atoms with Crippen molar-refractivity contribution in [2.45, 2.75) is 52.5 Å². The Labute approximate surface area is 125 Å². The van der Waals surface area contributed by atoms with Crippen LogP contribution < -0.4 is 5.32 Å². The molecule has 0 aromatic carbocycles. The fraction of sp³-hybridized carbons (Fsp3) is 0.750. The minimum atomic E-state index is 0.338. The summed E-state index contributed by atoms with van der Waals surface area (Å²) in [6.45, 7) is 7.12. The second kappa shape index (κ2) is 6.01. The van der Waals surface area contributed by atoms with Gasteiger partial charge < -0.3 is 9.73 Å². The van der Waals surface area contributed by atoms with Gasteiger partial charge in [0, 0.05) is 0 Å². The third-order valence-electron chi connectivity index (χ3n) is 4.71. The smallest absolute Gasteiger partial charge is 0.135 e. The lowest BCUT2D eigenvalue weighted by molar-refractivity contribution is 0.129. The Morgan fingerprint density at radius 2 is 1.89 bits per heavy atom. The van der Waals surface area contributed by atoms with E-state index in [2.05, 4.69) is 42.0 Å². The van der Waals surface area contributed by atoms with Gasteiger partial charge in [-0.05, 0) is 72.0 Å². The summed E-state index contributed by atoms with van der Waals surface area (Å²) in [5.41, 5.74) is 0.450. The molecule has 2 nitrogen and oxygen atoms in total. The molecule has 1 atom stereocenters. The van der Waals surface area contributed by atoms with Crippen LogP contribution in [-0.4, -0.2) is 7.05 Å². The molecule has 1 N–H and O–H groups in total. The highest BCUT2D eigenvalue weighted by Gasteiger charge is 2.34. The minimum Gasteiger partial charge on any atom is -0.466 e. The van der Waals surface area contributed by atoms with Crippen molar-refractivity contribution in [3.8, 4) is 0 Å². The van der Waals surface area contributed by atoms with Crippen LogP contribution >= 0.6 is 15.9 Å². The lowest BCUT2D eigenvalue weighted by Gasteiger charge is -2.39. The van der Waals surface area contributed by atoms with Crippen molar-refractivity contribution in [1.29, 1.82) is 0 Å². The molecule has 2 rings (SSSR count). The number of nitrogens with one attached hydrogen (secondary N) is 1. The molecule has 1 aliphatic rings. The summed E-state index contributed by atoms with van der Waals surface area (Å²) in [6, 6.07) is 2.32. The number of furan rings is 1. The average molecular weight is 328 g/mol. The zero-order valence-electron chi connectivity index (χ0n) is 12.5. The molecule has 1 unspecified atom stereocenters. The third kappa shape index (κ3) is 3.43. The van der Waals surface area contributed by atoms with Crippen LogP contribution in [0.1, 0.15) is 58.3 Å². The summed E-state index contributed by atoms with van der Waals surface area (Å²) < 4.78 is 6.74. The van der Waals surface area contributed by atoms with Gasteiger partial charge in [-0.15, -0.1) is 0 Å². The molecule has 0 aliphatic heterocycles. The zero-order chi connectivity index (χ0) is 14.0. The van der Waals surface area contributed by atoms with E-state index in [9.17, 15) is 0 Å². The highest BCUT2D eigenvalue weighted by Crippen LogP contribution is 2.44. The minimum absolute atomic E-state index is 0.338. The lowest BCUT2D eigenvalue weighted by Crippen LogP contribution is -2.32. The van der Waals surface area contributed by atoms with Crippen LogP contribution in [0.3, 0.4) is 0 Å². The molecule has 1 heterocycles. The van der Waals surface area contributed by atoms with E-state index in [-0.39, 0.29) is 0 Å². The highest BCUT2D eigenvalue weighted by molar-refractivity contribution is 9.10. The van der Waals surface area contributed by atoms with Gasteiger partial charge in [0.15, 0.2) is 0 Å². The van der Waals surface area contributed by atoms with E-state index in [0.29, 0.717) is 17.4 Å². The maximum atomic E-state index is 5.66. The zero-order valence-corrected chi connectivity index (χ0v) is 14.1. The Morgan fingerprint density at radius 1 is 1.26 bits per heavy atom. The van der Waals surface area contributed by atoms with Gasteiger partial charge in [0.2, 0.25) is 0 Å².